The van der Waals surface area contributed by atoms with E-state index in [1.54, 1.807) is 6.07 Å². The third kappa shape index (κ3) is 3.63. The molecule has 0 bridgehead atoms. The number of carbonyl (C=O) groups is 1. The van der Waals surface area contributed by atoms with E-state index in [4.69, 9.17) is 23.2 Å². The summed E-state index contributed by atoms with van der Waals surface area (Å²) in [4.78, 5) is 12.2. The Bertz CT molecular complexity index is 621. The monoisotopic (exact) mass is 326 g/mol. The van der Waals surface area contributed by atoms with Crippen molar-refractivity contribution in [3.63, 3.8) is 0 Å². The molecule has 0 saturated heterocycles. The fraction of sp³-hybridized carbons (Fsp3) is 0.312. The van der Waals surface area contributed by atoms with Crippen LogP contribution in [0.1, 0.15) is 42.3 Å². The van der Waals surface area contributed by atoms with Crippen LogP contribution < -0.4 is 0 Å². The van der Waals surface area contributed by atoms with Crippen molar-refractivity contribution >= 4 is 40.3 Å². The van der Waals surface area contributed by atoms with Crippen LogP contribution in [0.2, 0.25) is 8.67 Å². The molecule has 1 aromatic heterocycles. The van der Waals surface area contributed by atoms with Gasteiger partial charge >= 0.3 is 0 Å². The molecule has 1 aromatic carbocycles. The van der Waals surface area contributed by atoms with E-state index in [0.29, 0.717) is 20.7 Å². The highest BCUT2D eigenvalue weighted by molar-refractivity contribution is 7.20. The van der Waals surface area contributed by atoms with Gasteiger partial charge in [0.25, 0.3) is 0 Å². The van der Waals surface area contributed by atoms with E-state index in [2.05, 4.69) is 32.9 Å². The second-order valence-electron chi connectivity index (χ2n) is 5.78. The molecule has 0 atom stereocenters. The van der Waals surface area contributed by atoms with Crippen LogP contribution in [0.25, 0.3) is 0 Å². The zero-order chi connectivity index (χ0) is 14.9. The maximum absolute atomic E-state index is 12.2. The van der Waals surface area contributed by atoms with E-state index in [0.717, 1.165) is 5.56 Å². The number of hydrogen-bond donors (Lipinski definition) is 0. The Morgan fingerprint density at radius 1 is 1.15 bits per heavy atom. The highest BCUT2D eigenvalue weighted by Gasteiger charge is 2.16. The Balaban J connectivity index is 2.14. The molecule has 2 aromatic rings. The molecular weight excluding hydrogens is 311 g/mol. The van der Waals surface area contributed by atoms with Crippen molar-refractivity contribution in [3.8, 4) is 0 Å². The zero-order valence-corrected chi connectivity index (χ0v) is 14.0. The van der Waals surface area contributed by atoms with Gasteiger partial charge in [-0.1, -0.05) is 68.2 Å². The van der Waals surface area contributed by atoms with Gasteiger partial charge in [0.1, 0.15) is 4.34 Å². The Morgan fingerprint density at radius 2 is 1.75 bits per heavy atom. The largest absolute Gasteiger partial charge is 0.294 e. The Hall–Kier alpha value is -0.830. The van der Waals surface area contributed by atoms with Crippen molar-refractivity contribution in [1.29, 1.82) is 0 Å². The van der Waals surface area contributed by atoms with Gasteiger partial charge in [0.15, 0.2) is 5.78 Å². The number of benzene rings is 1. The molecule has 0 fully saturated rings. The lowest BCUT2D eigenvalue weighted by atomic mass is 9.86. The van der Waals surface area contributed by atoms with Crippen molar-refractivity contribution in [3.05, 3.63) is 55.7 Å². The topological polar surface area (TPSA) is 17.1 Å². The molecule has 4 heteroatoms. The van der Waals surface area contributed by atoms with Gasteiger partial charge in [-0.3, -0.25) is 4.79 Å². The second kappa shape index (κ2) is 5.88. The zero-order valence-electron chi connectivity index (χ0n) is 11.7. The minimum absolute atomic E-state index is 0.00154. The minimum Gasteiger partial charge on any atom is -0.294 e. The summed E-state index contributed by atoms with van der Waals surface area (Å²) in [6.07, 6.45) is 0.344. The summed E-state index contributed by atoms with van der Waals surface area (Å²) in [5, 5.41) is 0. The molecule has 0 aliphatic rings. The number of hydrogen-bond acceptors (Lipinski definition) is 2. The fourth-order valence-electron chi connectivity index (χ4n) is 1.93. The van der Waals surface area contributed by atoms with Gasteiger partial charge in [0.05, 0.1) is 4.34 Å². The Kier molecular flexibility index (Phi) is 4.58. The highest BCUT2D eigenvalue weighted by Crippen LogP contribution is 2.32. The standard InChI is InChI=1S/C16H16Cl2OS/c1-16(2,3)11-6-4-10(5-7-11)8-13(19)12-9-14(17)20-15(12)18/h4-7,9H,8H2,1-3H3. The summed E-state index contributed by atoms with van der Waals surface area (Å²) in [5.41, 5.74) is 2.88. The van der Waals surface area contributed by atoms with Crippen molar-refractivity contribution < 1.29 is 4.79 Å². The van der Waals surface area contributed by atoms with Crippen molar-refractivity contribution in [2.75, 3.05) is 0 Å². The summed E-state index contributed by atoms with van der Waals surface area (Å²) in [6, 6.07) is 9.79. The first-order chi connectivity index (χ1) is 9.27. The van der Waals surface area contributed by atoms with Crippen LogP contribution >= 0.6 is 34.5 Å². The first kappa shape index (κ1) is 15.6. The lowest BCUT2D eigenvalue weighted by Crippen LogP contribution is -2.11. The van der Waals surface area contributed by atoms with E-state index in [1.165, 1.54) is 16.9 Å². The van der Waals surface area contributed by atoms with Crippen molar-refractivity contribution in [2.45, 2.75) is 32.6 Å². The van der Waals surface area contributed by atoms with Crippen LogP contribution in [-0.4, -0.2) is 5.78 Å². The predicted molar refractivity (Wildman–Crippen MR) is 87.5 cm³/mol. The van der Waals surface area contributed by atoms with E-state index in [9.17, 15) is 4.79 Å². The van der Waals surface area contributed by atoms with Gasteiger partial charge in [0, 0.05) is 12.0 Å². The number of ketones is 1. The van der Waals surface area contributed by atoms with Crippen LogP contribution in [0.4, 0.5) is 0 Å². The molecule has 0 saturated carbocycles. The van der Waals surface area contributed by atoms with Gasteiger partial charge in [-0.2, -0.15) is 0 Å². The number of thiophene rings is 1. The van der Waals surface area contributed by atoms with Crippen LogP contribution in [0.15, 0.2) is 30.3 Å². The molecule has 0 spiro atoms. The molecule has 0 aliphatic heterocycles. The number of rotatable bonds is 3. The SMILES string of the molecule is CC(C)(C)c1ccc(CC(=O)c2cc(Cl)sc2Cl)cc1. The Labute approximate surface area is 133 Å². The maximum Gasteiger partial charge on any atom is 0.169 e. The van der Waals surface area contributed by atoms with E-state index < -0.39 is 0 Å². The number of halogens is 2. The van der Waals surface area contributed by atoms with Crippen LogP contribution in [0.5, 0.6) is 0 Å². The Morgan fingerprint density at radius 3 is 2.20 bits per heavy atom. The first-order valence-corrected chi connectivity index (χ1v) is 7.92. The fourth-order valence-corrected chi connectivity index (χ4v) is 3.43. The third-order valence-electron chi connectivity index (χ3n) is 3.14. The molecule has 1 heterocycles. The highest BCUT2D eigenvalue weighted by atomic mass is 35.5. The van der Waals surface area contributed by atoms with E-state index >= 15 is 0 Å². The molecule has 0 radical (unpaired) electrons. The molecule has 0 aliphatic carbocycles. The lowest BCUT2D eigenvalue weighted by molar-refractivity contribution is 0.0993. The lowest BCUT2D eigenvalue weighted by Gasteiger charge is -2.19. The molecule has 0 unspecified atom stereocenters. The summed E-state index contributed by atoms with van der Waals surface area (Å²) >= 11 is 13.1. The smallest absolute Gasteiger partial charge is 0.169 e. The van der Waals surface area contributed by atoms with Crippen LogP contribution in [0, 0.1) is 0 Å². The summed E-state index contributed by atoms with van der Waals surface area (Å²) in [7, 11) is 0. The van der Waals surface area contributed by atoms with Crippen LogP contribution in [0.3, 0.4) is 0 Å². The molecular formula is C16H16Cl2OS. The van der Waals surface area contributed by atoms with E-state index in [-0.39, 0.29) is 11.2 Å². The second-order valence-corrected chi connectivity index (χ2v) is 8.07. The third-order valence-corrected chi connectivity index (χ3v) is 4.63. The molecule has 0 N–H and O–H groups in total. The van der Waals surface area contributed by atoms with Gasteiger partial charge in [-0.25, -0.2) is 0 Å². The summed E-state index contributed by atoms with van der Waals surface area (Å²) in [5.74, 6) is 0.00154. The molecule has 1 nitrogen and oxygen atoms in total. The average molecular weight is 327 g/mol. The number of carbonyl (C=O) groups excluding carboxylic acids is 1. The van der Waals surface area contributed by atoms with Crippen LogP contribution in [-0.2, 0) is 11.8 Å². The number of Topliss-reactive ketones (excluding diaryl/α,β-unsaturated/α-hetero) is 1. The molecule has 106 valence electrons. The van der Waals surface area contributed by atoms with Gasteiger partial charge in [0.2, 0.25) is 0 Å². The van der Waals surface area contributed by atoms with Crippen molar-refractivity contribution in [1.82, 2.24) is 0 Å². The van der Waals surface area contributed by atoms with Gasteiger partial charge < -0.3 is 0 Å². The molecule has 2 rings (SSSR count). The summed E-state index contributed by atoms with van der Waals surface area (Å²) in [6.45, 7) is 6.50. The first-order valence-electron chi connectivity index (χ1n) is 6.35. The maximum atomic E-state index is 12.2. The predicted octanol–water partition coefficient (Wildman–Crippen LogP) is 5.78. The molecule has 20 heavy (non-hydrogen) atoms. The van der Waals surface area contributed by atoms with Crippen molar-refractivity contribution in [2.24, 2.45) is 0 Å². The quantitative estimate of drug-likeness (QED) is 0.653. The van der Waals surface area contributed by atoms with Gasteiger partial charge in [-0.15, -0.1) is 11.3 Å². The summed E-state index contributed by atoms with van der Waals surface area (Å²) < 4.78 is 1.01. The normalized spacial score (nSPS) is 11.7. The average Bonchev–Trinajstić information content (AvgIpc) is 2.68. The van der Waals surface area contributed by atoms with E-state index in [1.807, 2.05) is 12.1 Å². The van der Waals surface area contributed by atoms with Gasteiger partial charge in [-0.05, 0) is 22.6 Å². The molecule has 0 amide bonds. The minimum atomic E-state index is 0.00154.